The molecule has 0 atom stereocenters. The van der Waals surface area contributed by atoms with Crippen molar-refractivity contribution < 1.29 is 22.5 Å². The van der Waals surface area contributed by atoms with Crippen molar-refractivity contribution in [1.82, 2.24) is 0 Å². The highest BCUT2D eigenvalue weighted by Gasteiger charge is 2.19. The molecular formula is C22H10F4N2O2S. The first-order chi connectivity index (χ1) is 14.7. The van der Waals surface area contributed by atoms with E-state index in [0.717, 1.165) is 17.0 Å². The summed E-state index contributed by atoms with van der Waals surface area (Å²) < 4.78 is 54.2. The second-order valence-corrected chi connectivity index (χ2v) is 6.62. The molecule has 154 valence electrons. The monoisotopic (exact) mass is 442 g/mol. The van der Waals surface area contributed by atoms with E-state index in [1.165, 1.54) is 0 Å². The lowest BCUT2D eigenvalue weighted by Gasteiger charge is -2.02. The lowest BCUT2D eigenvalue weighted by Crippen LogP contribution is -2.00. The zero-order chi connectivity index (χ0) is 22.7. The number of thiol groups is 1. The van der Waals surface area contributed by atoms with E-state index in [-0.39, 0.29) is 22.9 Å². The summed E-state index contributed by atoms with van der Waals surface area (Å²) in [6.07, 6.45) is 0. The van der Waals surface area contributed by atoms with Gasteiger partial charge in [0.2, 0.25) is 0 Å². The molecule has 0 spiro atoms. The van der Waals surface area contributed by atoms with E-state index in [4.69, 9.17) is 5.73 Å². The fraction of sp³-hybridized carbons (Fsp3) is 0. The lowest BCUT2D eigenvalue weighted by atomic mass is 10.1. The van der Waals surface area contributed by atoms with Crippen LogP contribution >= 0.6 is 12.6 Å². The lowest BCUT2D eigenvalue weighted by molar-refractivity contribution is -0.385. The molecule has 3 aromatic carbocycles. The summed E-state index contributed by atoms with van der Waals surface area (Å²) in [5, 5.41) is 11.4. The molecule has 0 unspecified atom stereocenters. The molecule has 0 aliphatic carbocycles. The van der Waals surface area contributed by atoms with Crippen LogP contribution in [0.3, 0.4) is 0 Å². The Hall–Kier alpha value is -3.95. The molecule has 0 aromatic heterocycles. The van der Waals surface area contributed by atoms with Crippen LogP contribution in [0.4, 0.5) is 28.9 Å². The first kappa shape index (κ1) is 21.8. The Labute approximate surface area is 179 Å². The van der Waals surface area contributed by atoms with Gasteiger partial charge in [-0.05, 0) is 30.3 Å². The van der Waals surface area contributed by atoms with Gasteiger partial charge in [-0.15, -0.1) is 12.6 Å². The van der Waals surface area contributed by atoms with Crippen molar-refractivity contribution in [1.29, 1.82) is 0 Å². The van der Waals surface area contributed by atoms with Crippen LogP contribution in [0.2, 0.25) is 0 Å². The first-order valence-corrected chi connectivity index (χ1v) is 8.86. The predicted octanol–water partition coefficient (Wildman–Crippen LogP) is 4.82. The summed E-state index contributed by atoms with van der Waals surface area (Å²) in [5.41, 5.74) is 4.59. The zero-order valence-corrected chi connectivity index (χ0v) is 16.2. The number of halogens is 4. The molecule has 0 bridgehead atoms. The number of hydrogen-bond donors (Lipinski definition) is 2. The van der Waals surface area contributed by atoms with Gasteiger partial charge in [0.25, 0.3) is 5.69 Å². The molecule has 0 heterocycles. The van der Waals surface area contributed by atoms with E-state index in [0.29, 0.717) is 5.56 Å². The number of nitrogens with zero attached hydrogens (tertiary/aromatic N) is 1. The quantitative estimate of drug-likeness (QED) is 0.108. The molecular weight excluding hydrogens is 432 g/mol. The Morgan fingerprint density at radius 3 is 2.00 bits per heavy atom. The maximum Gasteiger partial charge on any atom is 0.286 e. The van der Waals surface area contributed by atoms with Gasteiger partial charge in [0.15, 0.2) is 23.3 Å². The van der Waals surface area contributed by atoms with Crippen molar-refractivity contribution in [3.05, 3.63) is 98.1 Å². The van der Waals surface area contributed by atoms with E-state index in [2.05, 4.69) is 30.4 Å². The van der Waals surface area contributed by atoms with Crippen LogP contribution in [0.25, 0.3) is 0 Å². The van der Waals surface area contributed by atoms with Gasteiger partial charge >= 0.3 is 0 Å². The third kappa shape index (κ3) is 4.80. The molecule has 0 saturated carbocycles. The molecule has 0 saturated heterocycles. The molecule has 0 fully saturated rings. The van der Waals surface area contributed by atoms with Crippen molar-refractivity contribution in [3.63, 3.8) is 0 Å². The summed E-state index contributed by atoms with van der Waals surface area (Å²) in [4.78, 5) is 11.4. The van der Waals surface area contributed by atoms with Crippen molar-refractivity contribution in [2.75, 3.05) is 5.73 Å². The van der Waals surface area contributed by atoms with E-state index >= 15 is 0 Å². The number of nitrogen functional groups attached to an aromatic ring is 1. The van der Waals surface area contributed by atoms with Gasteiger partial charge in [0.05, 0.1) is 10.5 Å². The third-order valence-electron chi connectivity index (χ3n) is 4.01. The molecule has 0 aliphatic rings. The van der Waals surface area contributed by atoms with Gasteiger partial charge in [0.1, 0.15) is 11.1 Å². The van der Waals surface area contributed by atoms with Crippen LogP contribution in [0, 0.1) is 57.1 Å². The molecule has 2 N–H and O–H groups in total. The minimum absolute atomic E-state index is 0.0135. The highest BCUT2D eigenvalue weighted by Crippen LogP contribution is 2.25. The van der Waals surface area contributed by atoms with E-state index in [1.807, 2.05) is 5.92 Å². The molecule has 9 heteroatoms. The first-order valence-electron chi connectivity index (χ1n) is 8.41. The summed E-state index contributed by atoms with van der Waals surface area (Å²) in [6.45, 7) is 0. The maximum atomic E-state index is 13.8. The van der Waals surface area contributed by atoms with E-state index < -0.39 is 39.4 Å². The van der Waals surface area contributed by atoms with Crippen LogP contribution in [-0.2, 0) is 0 Å². The number of nitro groups is 1. The summed E-state index contributed by atoms with van der Waals surface area (Å²) >= 11 is 4.16. The molecule has 0 radical (unpaired) electrons. The van der Waals surface area contributed by atoms with Gasteiger partial charge in [-0.2, -0.15) is 0 Å². The minimum Gasteiger partial charge on any atom is -0.398 e. The molecule has 3 rings (SSSR count). The zero-order valence-electron chi connectivity index (χ0n) is 15.3. The third-order valence-corrected chi connectivity index (χ3v) is 4.31. The fourth-order valence-electron chi connectivity index (χ4n) is 2.46. The van der Waals surface area contributed by atoms with Gasteiger partial charge in [-0.3, -0.25) is 10.1 Å². The number of anilines is 1. The van der Waals surface area contributed by atoms with E-state index in [9.17, 15) is 27.7 Å². The SMILES string of the molecule is Nc1cc(C#Cc2c(F)c(F)cc(F)c2F)c([N+](=O)[O-])cc1C#Cc1ccc(S)cc1. The number of rotatable bonds is 1. The average molecular weight is 442 g/mol. The largest absolute Gasteiger partial charge is 0.398 e. The van der Waals surface area contributed by atoms with Gasteiger partial charge in [0, 0.05) is 28.3 Å². The molecule has 31 heavy (non-hydrogen) atoms. The second kappa shape index (κ2) is 8.82. The Morgan fingerprint density at radius 2 is 1.42 bits per heavy atom. The Kier molecular flexibility index (Phi) is 6.19. The van der Waals surface area contributed by atoms with Crippen molar-refractivity contribution in [2.24, 2.45) is 0 Å². The smallest absolute Gasteiger partial charge is 0.286 e. The van der Waals surface area contributed by atoms with Gasteiger partial charge in [-0.25, -0.2) is 17.6 Å². The Morgan fingerprint density at radius 1 is 0.839 bits per heavy atom. The average Bonchev–Trinajstić information content (AvgIpc) is 2.72. The van der Waals surface area contributed by atoms with Crippen LogP contribution in [0.5, 0.6) is 0 Å². The van der Waals surface area contributed by atoms with Crippen LogP contribution in [-0.4, -0.2) is 4.92 Å². The summed E-state index contributed by atoms with van der Waals surface area (Å²) in [7, 11) is 0. The number of hydrogen-bond acceptors (Lipinski definition) is 4. The maximum absolute atomic E-state index is 13.8. The normalized spacial score (nSPS) is 9.97. The minimum atomic E-state index is -1.71. The van der Waals surface area contributed by atoms with Gasteiger partial charge < -0.3 is 5.73 Å². The molecule has 3 aromatic rings. The highest BCUT2D eigenvalue weighted by molar-refractivity contribution is 7.80. The molecule has 4 nitrogen and oxygen atoms in total. The number of nitro benzene ring substituents is 1. The van der Waals surface area contributed by atoms with Crippen LogP contribution in [0.15, 0.2) is 47.4 Å². The van der Waals surface area contributed by atoms with E-state index in [1.54, 1.807) is 24.3 Å². The Balaban J connectivity index is 2.07. The summed E-state index contributed by atoms with van der Waals surface area (Å²) in [5.74, 6) is 2.84. The standard InChI is InChI=1S/C22H10F4N2O2S/c23-17-11-18(24)22(26)16(21(17)25)8-5-14-9-19(27)13(10-20(14)28(29)30)4-1-12-2-6-15(31)7-3-12/h2-3,6-7,9-11,31H,27H2. The predicted molar refractivity (Wildman–Crippen MR) is 109 cm³/mol. The van der Waals surface area contributed by atoms with Crippen LogP contribution < -0.4 is 5.73 Å². The Bertz CT molecular complexity index is 1310. The van der Waals surface area contributed by atoms with Crippen molar-refractivity contribution >= 4 is 24.0 Å². The highest BCUT2D eigenvalue weighted by atomic mass is 32.1. The second-order valence-electron chi connectivity index (χ2n) is 6.10. The van der Waals surface area contributed by atoms with Crippen molar-refractivity contribution in [2.45, 2.75) is 4.90 Å². The number of nitrogens with two attached hydrogens (primary N) is 1. The topological polar surface area (TPSA) is 69.2 Å². The molecule has 0 amide bonds. The van der Waals surface area contributed by atoms with Gasteiger partial charge in [-0.1, -0.05) is 23.7 Å². The fourth-order valence-corrected chi connectivity index (χ4v) is 2.61. The van der Waals surface area contributed by atoms with Crippen LogP contribution in [0.1, 0.15) is 22.3 Å². The number of benzene rings is 3. The van der Waals surface area contributed by atoms with Crippen molar-refractivity contribution in [3.8, 4) is 23.7 Å². The summed E-state index contributed by atoms with van der Waals surface area (Å²) in [6, 6.07) is 9.00. The molecule has 0 aliphatic heterocycles.